The zero-order valence-electron chi connectivity index (χ0n) is 16.5. The molecule has 1 fully saturated rings. The molecule has 6 heteroatoms. The van der Waals surface area contributed by atoms with E-state index in [0.29, 0.717) is 25.4 Å². The second-order valence-electron chi connectivity index (χ2n) is 7.52. The minimum Gasteiger partial charge on any atom is -0.434 e. The standard InChI is InChI=1S/C23H28F2N2O2/c24-23(25)29-21-11-5-4-10-20(21)17-27-14-6-9-19(16-27)15-26-22(28)13-12-18-7-2-1-3-8-18/h1-5,7-8,10-11,19,23H,6,9,12-17H2,(H,26,28). The predicted molar refractivity (Wildman–Crippen MR) is 109 cm³/mol. The van der Waals surface area contributed by atoms with Gasteiger partial charge < -0.3 is 10.1 Å². The van der Waals surface area contributed by atoms with E-state index in [2.05, 4.69) is 15.0 Å². The van der Waals surface area contributed by atoms with E-state index >= 15 is 0 Å². The van der Waals surface area contributed by atoms with Crippen molar-refractivity contribution < 1.29 is 18.3 Å². The summed E-state index contributed by atoms with van der Waals surface area (Å²) in [5.74, 6) is 0.674. The number of amides is 1. The minimum absolute atomic E-state index is 0.0710. The van der Waals surface area contributed by atoms with Gasteiger partial charge in [0.25, 0.3) is 0 Å². The molecule has 3 rings (SSSR count). The van der Waals surface area contributed by atoms with Gasteiger partial charge >= 0.3 is 6.61 Å². The first-order valence-corrected chi connectivity index (χ1v) is 10.2. The number of hydrogen-bond donors (Lipinski definition) is 1. The highest BCUT2D eigenvalue weighted by Gasteiger charge is 2.21. The van der Waals surface area contributed by atoms with Gasteiger partial charge in [-0.3, -0.25) is 9.69 Å². The Bertz CT molecular complexity index is 770. The maximum atomic E-state index is 12.6. The van der Waals surface area contributed by atoms with E-state index in [9.17, 15) is 13.6 Å². The summed E-state index contributed by atoms with van der Waals surface area (Å²) in [6, 6.07) is 16.9. The van der Waals surface area contributed by atoms with Gasteiger partial charge in [-0.1, -0.05) is 48.5 Å². The average Bonchev–Trinajstić information content (AvgIpc) is 2.73. The normalized spacial score (nSPS) is 17.3. The van der Waals surface area contributed by atoms with E-state index < -0.39 is 6.61 Å². The summed E-state index contributed by atoms with van der Waals surface area (Å²) in [6.07, 6.45) is 3.32. The minimum atomic E-state index is -2.82. The van der Waals surface area contributed by atoms with Crippen LogP contribution < -0.4 is 10.1 Å². The van der Waals surface area contributed by atoms with Crippen LogP contribution in [0.4, 0.5) is 8.78 Å². The van der Waals surface area contributed by atoms with Gasteiger partial charge in [-0.25, -0.2) is 0 Å². The number of ether oxygens (including phenoxy) is 1. The van der Waals surface area contributed by atoms with E-state index in [4.69, 9.17) is 0 Å². The van der Waals surface area contributed by atoms with E-state index in [0.717, 1.165) is 43.5 Å². The van der Waals surface area contributed by atoms with Gasteiger partial charge in [0, 0.05) is 31.6 Å². The molecule has 156 valence electrons. The largest absolute Gasteiger partial charge is 0.434 e. The second kappa shape index (κ2) is 10.9. The van der Waals surface area contributed by atoms with Crippen LogP contribution >= 0.6 is 0 Å². The van der Waals surface area contributed by atoms with E-state index in [1.54, 1.807) is 12.1 Å². The highest BCUT2D eigenvalue weighted by Crippen LogP contribution is 2.24. The molecule has 1 aliphatic heterocycles. The number of likely N-dealkylation sites (tertiary alicyclic amines) is 1. The number of halogens is 2. The van der Waals surface area contributed by atoms with Gasteiger partial charge in [0.2, 0.25) is 5.91 Å². The molecule has 0 radical (unpaired) electrons. The Morgan fingerprint density at radius 1 is 1.14 bits per heavy atom. The molecule has 2 aromatic carbocycles. The number of rotatable bonds is 9. The summed E-state index contributed by atoms with van der Waals surface area (Å²) in [5, 5.41) is 3.06. The Balaban J connectivity index is 1.44. The van der Waals surface area contributed by atoms with Crippen molar-refractivity contribution in [2.75, 3.05) is 19.6 Å². The predicted octanol–water partition coefficient (Wildman–Crippen LogP) is 4.25. The lowest BCUT2D eigenvalue weighted by molar-refractivity contribution is -0.121. The Labute approximate surface area is 170 Å². The number of nitrogens with one attached hydrogen (secondary N) is 1. The third kappa shape index (κ3) is 7.13. The highest BCUT2D eigenvalue weighted by atomic mass is 19.3. The topological polar surface area (TPSA) is 41.6 Å². The first kappa shape index (κ1) is 21.2. The van der Waals surface area contributed by atoms with Crippen molar-refractivity contribution in [2.45, 2.75) is 38.8 Å². The first-order valence-electron chi connectivity index (χ1n) is 10.2. The first-order chi connectivity index (χ1) is 14.1. The van der Waals surface area contributed by atoms with E-state index in [1.807, 2.05) is 42.5 Å². The van der Waals surface area contributed by atoms with Gasteiger partial charge in [0.15, 0.2) is 0 Å². The van der Waals surface area contributed by atoms with Crippen molar-refractivity contribution in [3.05, 3.63) is 65.7 Å². The fraction of sp³-hybridized carbons (Fsp3) is 0.435. The van der Waals surface area contributed by atoms with Gasteiger partial charge in [-0.2, -0.15) is 8.78 Å². The molecule has 1 atom stereocenters. The fourth-order valence-electron chi connectivity index (χ4n) is 3.80. The van der Waals surface area contributed by atoms with Crippen LogP contribution in [-0.4, -0.2) is 37.1 Å². The number of carbonyl (C=O) groups excluding carboxylic acids is 1. The Morgan fingerprint density at radius 3 is 2.69 bits per heavy atom. The van der Waals surface area contributed by atoms with Gasteiger partial charge in [-0.15, -0.1) is 0 Å². The molecule has 0 aromatic heterocycles. The second-order valence-corrected chi connectivity index (χ2v) is 7.52. The molecule has 1 saturated heterocycles. The van der Waals surface area contributed by atoms with Crippen molar-refractivity contribution in [1.82, 2.24) is 10.2 Å². The Hall–Kier alpha value is -2.47. The van der Waals surface area contributed by atoms with Crippen LogP contribution in [0.25, 0.3) is 0 Å². The average molecular weight is 402 g/mol. The summed E-state index contributed by atoms with van der Waals surface area (Å²) in [4.78, 5) is 14.4. The number of benzene rings is 2. The summed E-state index contributed by atoms with van der Waals surface area (Å²) in [6.45, 7) is 0.153. The lowest BCUT2D eigenvalue weighted by Gasteiger charge is -2.33. The zero-order chi connectivity index (χ0) is 20.5. The fourth-order valence-corrected chi connectivity index (χ4v) is 3.80. The van der Waals surface area contributed by atoms with Crippen LogP contribution in [0, 0.1) is 5.92 Å². The van der Waals surface area contributed by atoms with Crippen LogP contribution in [-0.2, 0) is 17.8 Å². The number of hydrogen-bond acceptors (Lipinski definition) is 3. The van der Waals surface area contributed by atoms with Crippen LogP contribution in [0.2, 0.25) is 0 Å². The van der Waals surface area contributed by atoms with Crippen molar-refractivity contribution >= 4 is 5.91 Å². The highest BCUT2D eigenvalue weighted by molar-refractivity contribution is 5.76. The summed E-state index contributed by atoms with van der Waals surface area (Å²) < 4.78 is 29.9. The summed E-state index contributed by atoms with van der Waals surface area (Å²) >= 11 is 0. The van der Waals surface area contributed by atoms with E-state index in [1.165, 1.54) is 0 Å². The summed E-state index contributed by atoms with van der Waals surface area (Å²) in [5.41, 5.74) is 1.93. The maximum absolute atomic E-state index is 12.6. The van der Waals surface area contributed by atoms with Crippen LogP contribution in [0.3, 0.4) is 0 Å². The van der Waals surface area contributed by atoms with Gasteiger partial charge in [-0.05, 0) is 43.4 Å². The SMILES string of the molecule is O=C(CCc1ccccc1)NCC1CCCN(Cc2ccccc2OC(F)F)C1. The third-order valence-electron chi connectivity index (χ3n) is 5.26. The molecule has 4 nitrogen and oxygen atoms in total. The van der Waals surface area contributed by atoms with Crippen molar-refractivity contribution in [2.24, 2.45) is 5.92 Å². The van der Waals surface area contributed by atoms with Crippen LogP contribution in [0.1, 0.15) is 30.4 Å². The lowest BCUT2D eigenvalue weighted by Crippen LogP contribution is -2.40. The number of para-hydroxylation sites is 1. The van der Waals surface area contributed by atoms with Gasteiger partial charge in [0.05, 0.1) is 0 Å². The lowest BCUT2D eigenvalue weighted by atomic mass is 9.97. The molecule has 1 amide bonds. The number of aryl methyl sites for hydroxylation is 1. The van der Waals surface area contributed by atoms with Crippen LogP contribution in [0.15, 0.2) is 54.6 Å². The zero-order valence-corrected chi connectivity index (χ0v) is 16.5. The Morgan fingerprint density at radius 2 is 1.90 bits per heavy atom. The molecular weight excluding hydrogens is 374 g/mol. The number of alkyl halides is 2. The maximum Gasteiger partial charge on any atom is 0.387 e. The molecule has 29 heavy (non-hydrogen) atoms. The molecule has 0 bridgehead atoms. The van der Waals surface area contributed by atoms with Crippen molar-refractivity contribution in [3.63, 3.8) is 0 Å². The monoisotopic (exact) mass is 402 g/mol. The number of nitrogens with zero attached hydrogens (tertiary/aromatic N) is 1. The smallest absolute Gasteiger partial charge is 0.387 e. The molecule has 0 aliphatic carbocycles. The number of piperidine rings is 1. The molecule has 2 aromatic rings. The molecular formula is C23H28F2N2O2. The van der Waals surface area contributed by atoms with Crippen LogP contribution in [0.5, 0.6) is 5.75 Å². The van der Waals surface area contributed by atoms with Crippen molar-refractivity contribution in [3.8, 4) is 5.75 Å². The molecule has 0 saturated carbocycles. The number of carbonyl (C=O) groups is 1. The quantitative estimate of drug-likeness (QED) is 0.682. The molecule has 1 aliphatic rings. The van der Waals surface area contributed by atoms with Gasteiger partial charge in [0.1, 0.15) is 5.75 Å². The molecule has 1 unspecified atom stereocenters. The summed E-state index contributed by atoms with van der Waals surface area (Å²) in [7, 11) is 0. The molecule has 1 heterocycles. The molecule has 0 spiro atoms. The molecule has 1 N–H and O–H groups in total. The Kier molecular flexibility index (Phi) is 7.99. The van der Waals surface area contributed by atoms with Crippen molar-refractivity contribution in [1.29, 1.82) is 0 Å². The third-order valence-corrected chi connectivity index (χ3v) is 5.26. The van der Waals surface area contributed by atoms with E-state index in [-0.39, 0.29) is 11.7 Å².